The number of piperidine rings is 1. The molecule has 0 bridgehead atoms. The number of rotatable bonds is 5. The lowest BCUT2D eigenvalue weighted by molar-refractivity contribution is 0.253. The number of primary amides is 1. The zero-order chi connectivity index (χ0) is 18.6. The molecule has 2 aromatic rings. The van der Waals surface area contributed by atoms with Gasteiger partial charge in [0.15, 0.2) is 0 Å². The molecule has 1 aromatic carbocycles. The summed E-state index contributed by atoms with van der Waals surface area (Å²) in [4.78, 5) is 17.5. The van der Waals surface area contributed by atoms with E-state index in [9.17, 15) is 13.2 Å². The van der Waals surface area contributed by atoms with Crippen molar-refractivity contribution in [3.05, 3.63) is 54.4 Å². The Labute approximate surface area is 153 Å². The highest BCUT2D eigenvalue weighted by molar-refractivity contribution is 7.89. The van der Waals surface area contributed by atoms with E-state index < -0.39 is 16.1 Å². The van der Waals surface area contributed by atoms with Crippen molar-refractivity contribution in [3.8, 4) is 0 Å². The number of anilines is 1. The van der Waals surface area contributed by atoms with Crippen LogP contribution in [0.5, 0.6) is 0 Å². The third-order valence-electron chi connectivity index (χ3n) is 4.42. The normalized spacial score (nSPS) is 15.5. The van der Waals surface area contributed by atoms with Crippen LogP contribution in [0.25, 0.3) is 0 Å². The summed E-state index contributed by atoms with van der Waals surface area (Å²) >= 11 is 0. The average Bonchev–Trinajstić information content (AvgIpc) is 2.67. The van der Waals surface area contributed by atoms with Crippen LogP contribution < -0.4 is 10.6 Å². The van der Waals surface area contributed by atoms with Gasteiger partial charge in [-0.25, -0.2) is 13.2 Å². The molecule has 26 heavy (non-hydrogen) atoms. The molecule has 138 valence electrons. The number of hydrogen-bond acceptors (Lipinski definition) is 4. The van der Waals surface area contributed by atoms with Crippen molar-refractivity contribution < 1.29 is 13.2 Å². The number of hydrogen-bond donors (Lipinski definition) is 1. The molecule has 0 spiro atoms. The van der Waals surface area contributed by atoms with Crippen molar-refractivity contribution in [2.45, 2.75) is 30.7 Å². The Bertz CT molecular complexity index is 865. The van der Waals surface area contributed by atoms with Gasteiger partial charge in [0, 0.05) is 25.5 Å². The highest BCUT2D eigenvalue weighted by Gasteiger charge is 2.30. The molecule has 2 N–H and O–H groups in total. The van der Waals surface area contributed by atoms with Crippen LogP contribution in [0.15, 0.2) is 53.7 Å². The molecule has 0 radical (unpaired) electrons. The molecule has 2 heterocycles. The minimum absolute atomic E-state index is 0.101. The number of carbonyl (C=O) groups is 1. The number of benzene rings is 1. The molecule has 1 saturated heterocycles. The van der Waals surface area contributed by atoms with Crippen molar-refractivity contribution in [2.75, 3.05) is 18.0 Å². The summed E-state index contributed by atoms with van der Waals surface area (Å²) < 4.78 is 27.7. The van der Waals surface area contributed by atoms with Gasteiger partial charge in [0.05, 0.1) is 12.2 Å². The topological polar surface area (TPSA) is 96.6 Å². The van der Waals surface area contributed by atoms with Gasteiger partial charge in [0.2, 0.25) is 10.0 Å². The number of nitrogens with two attached hydrogens (primary N) is 1. The van der Waals surface area contributed by atoms with Gasteiger partial charge in [-0.05, 0) is 36.6 Å². The Kier molecular flexibility index (Phi) is 5.53. The molecule has 1 aliphatic heterocycles. The van der Waals surface area contributed by atoms with Crippen molar-refractivity contribution in [1.82, 2.24) is 9.29 Å². The van der Waals surface area contributed by atoms with Gasteiger partial charge in [0.1, 0.15) is 4.90 Å². The molecule has 1 fully saturated rings. The lowest BCUT2D eigenvalue weighted by atomic mass is 10.2. The van der Waals surface area contributed by atoms with Crippen LogP contribution in [0.3, 0.4) is 0 Å². The summed E-state index contributed by atoms with van der Waals surface area (Å²) in [5.41, 5.74) is 6.61. The Morgan fingerprint density at radius 3 is 2.50 bits per heavy atom. The van der Waals surface area contributed by atoms with Gasteiger partial charge in [-0.15, -0.1) is 0 Å². The third kappa shape index (κ3) is 3.86. The van der Waals surface area contributed by atoms with E-state index in [4.69, 9.17) is 5.73 Å². The maximum absolute atomic E-state index is 13.1. The van der Waals surface area contributed by atoms with E-state index >= 15 is 0 Å². The number of sulfonamides is 1. The molecule has 0 aliphatic carbocycles. The van der Waals surface area contributed by atoms with Crippen LogP contribution in [-0.4, -0.2) is 36.8 Å². The first-order valence-corrected chi connectivity index (χ1v) is 9.99. The molecular weight excluding hydrogens is 352 g/mol. The number of pyridine rings is 1. The molecule has 0 atom stereocenters. The van der Waals surface area contributed by atoms with E-state index in [1.54, 1.807) is 36.7 Å². The number of amides is 2. The number of carbonyl (C=O) groups excluding carboxylic acids is 1. The Hall–Kier alpha value is -2.45. The zero-order valence-electron chi connectivity index (χ0n) is 14.4. The smallest absolute Gasteiger partial charge is 0.319 e. The molecule has 1 aliphatic rings. The third-order valence-corrected chi connectivity index (χ3v) is 6.36. The van der Waals surface area contributed by atoms with Gasteiger partial charge in [0.25, 0.3) is 0 Å². The minimum atomic E-state index is -3.70. The summed E-state index contributed by atoms with van der Waals surface area (Å²) in [5, 5.41) is 0. The quantitative estimate of drug-likeness (QED) is 0.869. The number of nitrogens with zero attached hydrogens (tertiary/aromatic N) is 3. The van der Waals surface area contributed by atoms with E-state index in [2.05, 4.69) is 4.98 Å². The first kappa shape index (κ1) is 18.3. The van der Waals surface area contributed by atoms with Crippen LogP contribution >= 0.6 is 0 Å². The van der Waals surface area contributed by atoms with Crippen LogP contribution in [0.4, 0.5) is 10.5 Å². The summed E-state index contributed by atoms with van der Waals surface area (Å²) in [6, 6.07) is 9.34. The molecule has 1 aromatic heterocycles. The minimum Gasteiger partial charge on any atom is -0.351 e. The van der Waals surface area contributed by atoms with Gasteiger partial charge < -0.3 is 5.73 Å². The number of para-hydroxylation sites is 1. The van der Waals surface area contributed by atoms with Gasteiger partial charge >= 0.3 is 6.03 Å². The molecular formula is C18H22N4O3S. The van der Waals surface area contributed by atoms with Crippen molar-refractivity contribution in [1.29, 1.82) is 0 Å². The maximum atomic E-state index is 13.1. The molecule has 2 amide bonds. The van der Waals surface area contributed by atoms with Gasteiger partial charge in [-0.3, -0.25) is 9.88 Å². The fourth-order valence-electron chi connectivity index (χ4n) is 3.10. The van der Waals surface area contributed by atoms with Crippen LogP contribution in [0.2, 0.25) is 0 Å². The molecule has 3 rings (SSSR count). The van der Waals surface area contributed by atoms with Crippen LogP contribution in [-0.2, 0) is 16.6 Å². The summed E-state index contributed by atoms with van der Waals surface area (Å²) in [6.45, 7) is 1.14. The number of aromatic nitrogens is 1. The average molecular weight is 374 g/mol. The lowest BCUT2D eigenvalue weighted by Crippen LogP contribution is -2.39. The predicted molar refractivity (Wildman–Crippen MR) is 99.1 cm³/mol. The Balaban J connectivity index is 2.00. The van der Waals surface area contributed by atoms with E-state index in [-0.39, 0.29) is 17.1 Å². The van der Waals surface area contributed by atoms with Crippen LogP contribution in [0, 0.1) is 0 Å². The summed E-state index contributed by atoms with van der Waals surface area (Å²) in [5.74, 6) is 0. The first-order valence-electron chi connectivity index (χ1n) is 8.55. The fraction of sp³-hybridized carbons (Fsp3) is 0.333. The van der Waals surface area contributed by atoms with Crippen molar-refractivity contribution >= 4 is 21.7 Å². The molecule has 0 unspecified atom stereocenters. The highest BCUT2D eigenvalue weighted by Crippen LogP contribution is 2.30. The summed E-state index contributed by atoms with van der Waals surface area (Å²) in [6.07, 6.45) is 5.97. The van der Waals surface area contributed by atoms with E-state index in [1.807, 2.05) is 6.07 Å². The maximum Gasteiger partial charge on any atom is 0.319 e. The second kappa shape index (κ2) is 7.84. The largest absolute Gasteiger partial charge is 0.351 e. The molecule has 7 nitrogen and oxygen atoms in total. The van der Waals surface area contributed by atoms with Gasteiger partial charge in [-0.2, -0.15) is 4.31 Å². The SMILES string of the molecule is NC(=O)N(Cc1cccnc1)c1ccccc1S(=O)(=O)N1CCCCC1. The van der Waals surface area contributed by atoms with E-state index in [0.717, 1.165) is 24.8 Å². The van der Waals surface area contributed by atoms with E-state index in [0.29, 0.717) is 13.1 Å². The second-order valence-electron chi connectivity index (χ2n) is 6.22. The lowest BCUT2D eigenvalue weighted by Gasteiger charge is -2.29. The van der Waals surface area contributed by atoms with Crippen molar-refractivity contribution in [3.63, 3.8) is 0 Å². The Morgan fingerprint density at radius 1 is 1.12 bits per heavy atom. The number of urea groups is 1. The van der Waals surface area contributed by atoms with Crippen molar-refractivity contribution in [2.24, 2.45) is 5.73 Å². The first-order chi connectivity index (χ1) is 12.5. The molecule has 8 heteroatoms. The van der Waals surface area contributed by atoms with E-state index in [1.165, 1.54) is 15.3 Å². The second-order valence-corrected chi connectivity index (χ2v) is 8.12. The zero-order valence-corrected chi connectivity index (χ0v) is 15.2. The molecule has 0 saturated carbocycles. The van der Waals surface area contributed by atoms with Crippen LogP contribution in [0.1, 0.15) is 24.8 Å². The fourth-order valence-corrected chi connectivity index (χ4v) is 4.81. The summed E-state index contributed by atoms with van der Waals surface area (Å²) in [7, 11) is -3.70. The standard InChI is InChI=1S/C18H22N4O3S/c19-18(23)22(14-15-7-6-10-20-13-15)16-8-2-3-9-17(16)26(24,25)21-11-4-1-5-12-21/h2-3,6-10,13H,1,4-5,11-12,14H2,(H2,19,23). The predicted octanol–water partition coefficient (Wildman–Crippen LogP) is 2.34. The van der Waals surface area contributed by atoms with Gasteiger partial charge in [-0.1, -0.05) is 24.6 Å². The highest BCUT2D eigenvalue weighted by atomic mass is 32.2. The monoisotopic (exact) mass is 374 g/mol. The Morgan fingerprint density at radius 2 is 1.85 bits per heavy atom.